The van der Waals surface area contributed by atoms with E-state index in [1.165, 1.54) is 18.4 Å². The van der Waals surface area contributed by atoms with E-state index in [1.54, 1.807) is 18.3 Å². The van der Waals surface area contributed by atoms with E-state index in [1.807, 2.05) is 0 Å². The molecule has 3 nitrogen and oxygen atoms in total. The molecule has 0 bridgehead atoms. The van der Waals surface area contributed by atoms with Gasteiger partial charge in [0.15, 0.2) is 0 Å². The summed E-state index contributed by atoms with van der Waals surface area (Å²) >= 11 is 5.75. The molecule has 1 amide bonds. The summed E-state index contributed by atoms with van der Waals surface area (Å²) in [6, 6.07) is 3.38. The lowest BCUT2D eigenvalue weighted by atomic mass is 9.97. The van der Waals surface area contributed by atoms with Gasteiger partial charge in [0.05, 0.1) is 0 Å². The normalized spacial score (nSPS) is 15.2. The molecule has 1 aliphatic rings. The predicted molar refractivity (Wildman–Crippen MR) is 69.0 cm³/mol. The van der Waals surface area contributed by atoms with Gasteiger partial charge in [0, 0.05) is 18.3 Å². The number of amides is 1. The van der Waals surface area contributed by atoms with Gasteiger partial charge in [-0.15, -0.1) is 0 Å². The molecule has 1 aliphatic carbocycles. The third kappa shape index (κ3) is 3.86. The number of carbonyl (C=O) groups is 1. The molecule has 1 heterocycles. The molecule has 17 heavy (non-hydrogen) atoms. The fourth-order valence-corrected chi connectivity index (χ4v) is 2.13. The first-order chi connectivity index (χ1) is 8.24. The summed E-state index contributed by atoms with van der Waals surface area (Å²) in [5, 5.41) is 3.21. The minimum absolute atomic E-state index is 0.0143. The van der Waals surface area contributed by atoms with Gasteiger partial charge < -0.3 is 5.32 Å². The standard InChI is InChI=1S/C13H15ClN2O/c14-12-9-11(6-7-15-12)16-13(17)8-10-4-2-1-3-5-10/h4,6-7,9H,1-3,5,8H2,(H,15,16,17). The zero-order chi connectivity index (χ0) is 12.1. The molecule has 0 unspecified atom stereocenters. The second-order valence-electron chi connectivity index (χ2n) is 4.20. The van der Waals surface area contributed by atoms with Crippen LogP contribution < -0.4 is 5.32 Å². The maximum atomic E-state index is 11.8. The molecule has 4 heteroatoms. The van der Waals surface area contributed by atoms with Crippen LogP contribution in [0.4, 0.5) is 5.69 Å². The quantitative estimate of drug-likeness (QED) is 0.658. The van der Waals surface area contributed by atoms with Crippen LogP contribution in [0.1, 0.15) is 32.1 Å². The minimum atomic E-state index is 0.0143. The van der Waals surface area contributed by atoms with Gasteiger partial charge in [0.2, 0.25) is 5.91 Å². The number of rotatable bonds is 3. The van der Waals surface area contributed by atoms with Gasteiger partial charge in [-0.2, -0.15) is 0 Å². The Kier molecular flexibility index (Phi) is 4.15. The summed E-state index contributed by atoms with van der Waals surface area (Å²) in [7, 11) is 0. The number of hydrogen-bond donors (Lipinski definition) is 1. The van der Waals surface area contributed by atoms with E-state index in [-0.39, 0.29) is 5.91 Å². The highest BCUT2D eigenvalue weighted by Crippen LogP contribution is 2.21. The molecular formula is C13H15ClN2O. The molecule has 2 rings (SSSR count). The Bertz CT molecular complexity index is 443. The van der Waals surface area contributed by atoms with Gasteiger partial charge in [-0.05, 0) is 37.8 Å². The van der Waals surface area contributed by atoms with Crippen LogP contribution in [0.2, 0.25) is 5.15 Å². The molecule has 0 fully saturated rings. The van der Waals surface area contributed by atoms with Crippen molar-refractivity contribution in [1.82, 2.24) is 4.98 Å². The number of anilines is 1. The molecule has 0 radical (unpaired) electrons. The summed E-state index contributed by atoms with van der Waals surface area (Å²) in [5.74, 6) is 0.0143. The fourth-order valence-electron chi connectivity index (χ4n) is 1.96. The summed E-state index contributed by atoms with van der Waals surface area (Å²) < 4.78 is 0. The first kappa shape index (κ1) is 12.1. The summed E-state index contributed by atoms with van der Waals surface area (Å²) in [6.07, 6.45) is 8.83. The zero-order valence-corrected chi connectivity index (χ0v) is 10.3. The lowest BCUT2D eigenvalue weighted by molar-refractivity contribution is -0.115. The Morgan fingerprint density at radius 1 is 1.47 bits per heavy atom. The Morgan fingerprint density at radius 3 is 3.06 bits per heavy atom. The smallest absolute Gasteiger partial charge is 0.228 e. The Balaban J connectivity index is 1.91. The average molecular weight is 251 g/mol. The van der Waals surface area contributed by atoms with Crippen LogP contribution in [0.25, 0.3) is 0 Å². The van der Waals surface area contributed by atoms with E-state index in [9.17, 15) is 4.79 Å². The number of nitrogens with one attached hydrogen (secondary N) is 1. The molecule has 0 spiro atoms. The molecule has 90 valence electrons. The summed E-state index contributed by atoms with van der Waals surface area (Å²) in [6.45, 7) is 0. The number of pyridine rings is 1. The second-order valence-corrected chi connectivity index (χ2v) is 4.59. The van der Waals surface area contributed by atoms with Crippen molar-refractivity contribution in [2.75, 3.05) is 5.32 Å². The average Bonchev–Trinajstić information content (AvgIpc) is 2.30. The maximum Gasteiger partial charge on any atom is 0.228 e. The minimum Gasteiger partial charge on any atom is -0.326 e. The van der Waals surface area contributed by atoms with Crippen LogP contribution in [0, 0.1) is 0 Å². The Labute approximate surface area is 106 Å². The first-order valence-corrected chi connectivity index (χ1v) is 6.21. The molecule has 1 aromatic rings. The molecule has 1 N–H and O–H groups in total. The van der Waals surface area contributed by atoms with E-state index in [0.717, 1.165) is 12.8 Å². The van der Waals surface area contributed by atoms with Crippen LogP contribution in [0.15, 0.2) is 30.0 Å². The molecule has 1 aromatic heterocycles. The number of halogens is 1. The molecule has 0 saturated carbocycles. The van der Waals surface area contributed by atoms with Crippen LogP contribution >= 0.6 is 11.6 Å². The van der Waals surface area contributed by atoms with E-state index in [0.29, 0.717) is 17.3 Å². The van der Waals surface area contributed by atoms with Crippen LogP contribution in [0.5, 0.6) is 0 Å². The summed E-state index contributed by atoms with van der Waals surface area (Å²) in [4.78, 5) is 15.6. The monoisotopic (exact) mass is 250 g/mol. The predicted octanol–water partition coefficient (Wildman–Crippen LogP) is 3.56. The second kappa shape index (κ2) is 5.82. The van der Waals surface area contributed by atoms with Crippen molar-refractivity contribution in [1.29, 1.82) is 0 Å². The number of carbonyl (C=O) groups excluding carboxylic acids is 1. The molecule has 0 atom stereocenters. The van der Waals surface area contributed by atoms with Gasteiger partial charge in [-0.3, -0.25) is 4.79 Å². The van der Waals surface area contributed by atoms with Gasteiger partial charge in [0.25, 0.3) is 0 Å². The lowest BCUT2D eigenvalue weighted by Gasteiger charge is -2.12. The Morgan fingerprint density at radius 2 is 2.35 bits per heavy atom. The van der Waals surface area contributed by atoms with E-state index >= 15 is 0 Å². The highest BCUT2D eigenvalue weighted by Gasteiger charge is 2.09. The number of allylic oxidation sites excluding steroid dienone is 1. The fraction of sp³-hybridized carbons (Fsp3) is 0.385. The highest BCUT2D eigenvalue weighted by molar-refractivity contribution is 6.29. The molecule has 0 saturated heterocycles. The topological polar surface area (TPSA) is 42.0 Å². The number of hydrogen-bond acceptors (Lipinski definition) is 2. The molecule has 0 aliphatic heterocycles. The van der Waals surface area contributed by atoms with Crippen molar-refractivity contribution in [2.45, 2.75) is 32.1 Å². The largest absolute Gasteiger partial charge is 0.326 e. The number of nitrogens with zero attached hydrogens (tertiary/aromatic N) is 1. The van der Waals surface area contributed by atoms with E-state index < -0.39 is 0 Å². The first-order valence-electron chi connectivity index (χ1n) is 5.83. The zero-order valence-electron chi connectivity index (χ0n) is 9.58. The van der Waals surface area contributed by atoms with Crippen LogP contribution in [-0.2, 0) is 4.79 Å². The van der Waals surface area contributed by atoms with Crippen LogP contribution in [0.3, 0.4) is 0 Å². The van der Waals surface area contributed by atoms with Crippen LogP contribution in [-0.4, -0.2) is 10.9 Å². The van der Waals surface area contributed by atoms with Crippen molar-refractivity contribution < 1.29 is 4.79 Å². The van der Waals surface area contributed by atoms with E-state index in [4.69, 9.17) is 11.6 Å². The van der Waals surface area contributed by atoms with Crippen molar-refractivity contribution in [2.24, 2.45) is 0 Å². The van der Waals surface area contributed by atoms with E-state index in [2.05, 4.69) is 16.4 Å². The van der Waals surface area contributed by atoms with Crippen molar-refractivity contribution in [3.05, 3.63) is 35.1 Å². The highest BCUT2D eigenvalue weighted by atomic mass is 35.5. The maximum absolute atomic E-state index is 11.8. The SMILES string of the molecule is O=C(CC1=CCCCC1)Nc1ccnc(Cl)c1. The summed E-state index contributed by atoms with van der Waals surface area (Å²) in [5.41, 5.74) is 1.94. The Hall–Kier alpha value is -1.35. The van der Waals surface area contributed by atoms with Gasteiger partial charge >= 0.3 is 0 Å². The van der Waals surface area contributed by atoms with Crippen molar-refractivity contribution >= 4 is 23.2 Å². The van der Waals surface area contributed by atoms with Gasteiger partial charge in [0.1, 0.15) is 5.15 Å². The van der Waals surface area contributed by atoms with Crippen molar-refractivity contribution in [3.8, 4) is 0 Å². The number of aromatic nitrogens is 1. The van der Waals surface area contributed by atoms with Crippen molar-refractivity contribution in [3.63, 3.8) is 0 Å². The third-order valence-corrected chi connectivity index (χ3v) is 2.99. The third-order valence-electron chi connectivity index (χ3n) is 2.78. The van der Waals surface area contributed by atoms with Gasteiger partial charge in [-0.25, -0.2) is 4.98 Å². The van der Waals surface area contributed by atoms with Gasteiger partial charge in [-0.1, -0.05) is 23.3 Å². The molecular weight excluding hydrogens is 236 g/mol. The molecule has 0 aromatic carbocycles. The lowest BCUT2D eigenvalue weighted by Crippen LogP contribution is -2.13.